The highest BCUT2D eigenvalue weighted by molar-refractivity contribution is 5.84. The van der Waals surface area contributed by atoms with Gasteiger partial charge >= 0.3 is 0 Å². The largest absolute Gasteiger partial charge is 0.394 e. The van der Waals surface area contributed by atoms with Gasteiger partial charge in [-0.1, -0.05) is 0 Å². The molecule has 0 aromatic carbocycles. The maximum atomic E-state index is 9.83. The van der Waals surface area contributed by atoms with E-state index in [-0.39, 0.29) is 18.8 Å². The Balaban J connectivity index is 1.64. The van der Waals surface area contributed by atoms with Crippen molar-refractivity contribution in [3.8, 4) is 0 Å². The third-order valence-electron chi connectivity index (χ3n) is 5.69. The fourth-order valence-electron chi connectivity index (χ4n) is 4.48. The molecule has 5 heterocycles. The molecule has 0 aliphatic carbocycles. The normalized spacial score (nSPS) is 32.2. The Morgan fingerprint density at radius 3 is 2.68 bits per heavy atom. The maximum Gasteiger partial charge on any atom is 0.210 e. The van der Waals surface area contributed by atoms with E-state index in [2.05, 4.69) is 14.9 Å². The summed E-state index contributed by atoms with van der Waals surface area (Å²) in [6.07, 6.45) is 3.09. The van der Waals surface area contributed by atoms with Gasteiger partial charge in [0.05, 0.1) is 6.61 Å². The van der Waals surface area contributed by atoms with Crippen LogP contribution < -0.4 is 10.6 Å². The molecule has 3 fully saturated rings. The van der Waals surface area contributed by atoms with E-state index in [9.17, 15) is 5.11 Å². The summed E-state index contributed by atoms with van der Waals surface area (Å²) in [5, 5.41) is 9.83. The molecule has 4 atom stereocenters. The van der Waals surface area contributed by atoms with Gasteiger partial charge in [0.1, 0.15) is 24.6 Å². The molecule has 3 N–H and O–H groups in total. The number of aromatic nitrogens is 4. The molecular weight excluding hydrogens is 364 g/mol. The average Bonchev–Trinajstić information content (AvgIpc) is 3.31. The Bertz CT molecular complexity index is 880. The van der Waals surface area contributed by atoms with Crippen LogP contribution in [0.4, 0.5) is 11.8 Å². The van der Waals surface area contributed by atoms with E-state index >= 15 is 0 Å². The number of hydrogen-bond donors (Lipinski definition) is 2. The van der Waals surface area contributed by atoms with Crippen molar-refractivity contribution < 1.29 is 19.3 Å². The van der Waals surface area contributed by atoms with Crippen molar-refractivity contribution in [2.75, 3.05) is 30.3 Å². The fourth-order valence-corrected chi connectivity index (χ4v) is 4.48. The summed E-state index contributed by atoms with van der Waals surface area (Å²) >= 11 is 0. The summed E-state index contributed by atoms with van der Waals surface area (Å²) in [4.78, 5) is 15.6. The summed E-state index contributed by atoms with van der Waals surface area (Å²) in [7, 11) is 0. The molecule has 0 bridgehead atoms. The number of anilines is 2. The molecule has 10 heteroatoms. The molecule has 3 aliphatic rings. The second-order valence-corrected chi connectivity index (χ2v) is 8.07. The molecule has 28 heavy (non-hydrogen) atoms. The Morgan fingerprint density at radius 2 is 1.93 bits per heavy atom. The lowest BCUT2D eigenvalue weighted by Gasteiger charge is -2.31. The number of hydrogen-bond acceptors (Lipinski definition) is 9. The molecule has 0 amide bonds. The Morgan fingerprint density at radius 1 is 1.18 bits per heavy atom. The van der Waals surface area contributed by atoms with Gasteiger partial charge < -0.3 is 30.0 Å². The molecule has 10 nitrogen and oxygen atoms in total. The summed E-state index contributed by atoms with van der Waals surface area (Å²) < 4.78 is 20.3. The Kier molecular flexibility index (Phi) is 4.20. The molecule has 5 rings (SSSR count). The van der Waals surface area contributed by atoms with E-state index in [4.69, 9.17) is 24.9 Å². The number of nitrogen functional groups attached to an aromatic ring is 1. The van der Waals surface area contributed by atoms with Crippen LogP contribution in [0.3, 0.4) is 0 Å². The van der Waals surface area contributed by atoms with Crippen LogP contribution in [0.5, 0.6) is 0 Å². The van der Waals surface area contributed by atoms with Crippen molar-refractivity contribution in [3.05, 3.63) is 6.33 Å². The van der Waals surface area contributed by atoms with Gasteiger partial charge in [-0.05, 0) is 33.1 Å². The first-order valence-electron chi connectivity index (χ1n) is 9.84. The topological polar surface area (TPSA) is 121 Å². The third kappa shape index (κ3) is 2.74. The van der Waals surface area contributed by atoms with Gasteiger partial charge in [0.25, 0.3) is 0 Å². The number of aliphatic hydroxyl groups excluding tert-OH is 1. The summed E-state index contributed by atoms with van der Waals surface area (Å²) in [5.74, 6) is 0.331. The number of nitrogens with two attached hydrogens (primary N) is 1. The quantitative estimate of drug-likeness (QED) is 0.784. The third-order valence-corrected chi connectivity index (χ3v) is 5.69. The molecule has 0 radical (unpaired) electrons. The standard InChI is InChI=1S/C18H26N6O4/c1-18(2)27-12-10(8-25)26-16(13(12)28-18)24-15-11(14(19)20-9-21-15)22-17(24)23-6-4-3-5-7-23/h9-10,12-13,16,25H,3-8H2,1-2H3,(H2,19,20,21)/t10-,12-,13-,16-/m1/s1. The monoisotopic (exact) mass is 390 g/mol. The van der Waals surface area contributed by atoms with Crippen molar-refractivity contribution in [2.24, 2.45) is 0 Å². The van der Waals surface area contributed by atoms with Gasteiger partial charge in [0, 0.05) is 13.1 Å². The van der Waals surface area contributed by atoms with Gasteiger partial charge in [-0.2, -0.15) is 0 Å². The molecule has 152 valence electrons. The highest BCUT2D eigenvalue weighted by Gasteiger charge is 2.56. The minimum atomic E-state index is -0.750. The lowest BCUT2D eigenvalue weighted by molar-refractivity contribution is -0.199. The minimum absolute atomic E-state index is 0.153. The number of fused-ring (bicyclic) bond motifs is 2. The van der Waals surface area contributed by atoms with Crippen LogP contribution in [-0.4, -0.2) is 68.4 Å². The first-order valence-corrected chi connectivity index (χ1v) is 9.84. The zero-order chi connectivity index (χ0) is 19.5. The highest BCUT2D eigenvalue weighted by Crippen LogP contribution is 2.45. The van der Waals surface area contributed by atoms with Crippen LogP contribution in [0.1, 0.15) is 39.3 Å². The van der Waals surface area contributed by atoms with Gasteiger partial charge in [-0.3, -0.25) is 4.57 Å². The molecule has 3 saturated heterocycles. The summed E-state index contributed by atoms with van der Waals surface area (Å²) in [6, 6.07) is 0. The zero-order valence-electron chi connectivity index (χ0n) is 16.1. The number of piperidine rings is 1. The van der Waals surface area contributed by atoms with E-state index in [0.29, 0.717) is 17.0 Å². The van der Waals surface area contributed by atoms with Crippen molar-refractivity contribution >= 4 is 22.9 Å². The first-order chi connectivity index (χ1) is 13.5. The molecule has 3 aliphatic heterocycles. The lowest BCUT2D eigenvalue weighted by Crippen LogP contribution is -2.35. The maximum absolute atomic E-state index is 9.83. The second-order valence-electron chi connectivity index (χ2n) is 8.07. The lowest BCUT2D eigenvalue weighted by atomic mass is 10.1. The van der Waals surface area contributed by atoms with Crippen molar-refractivity contribution in [1.82, 2.24) is 19.5 Å². The summed E-state index contributed by atoms with van der Waals surface area (Å²) in [5.41, 5.74) is 7.24. The number of aliphatic hydroxyl groups is 1. The van der Waals surface area contributed by atoms with Crippen LogP contribution in [0.15, 0.2) is 6.33 Å². The van der Waals surface area contributed by atoms with Crippen molar-refractivity contribution in [2.45, 2.75) is 63.4 Å². The zero-order valence-corrected chi connectivity index (χ0v) is 16.1. The average molecular weight is 390 g/mol. The van der Waals surface area contributed by atoms with E-state index in [0.717, 1.165) is 31.9 Å². The van der Waals surface area contributed by atoms with Crippen molar-refractivity contribution in [3.63, 3.8) is 0 Å². The van der Waals surface area contributed by atoms with Crippen molar-refractivity contribution in [1.29, 1.82) is 0 Å². The van der Waals surface area contributed by atoms with Gasteiger partial charge in [-0.25, -0.2) is 15.0 Å². The van der Waals surface area contributed by atoms with Crippen LogP contribution in [0.25, 0.3) is 11.2 Å². The van der Waals surface area contributed by atoms with Gasteiger partial charge in [0.2, 0.25) is 5.95 Å². The highest BCUT2D eigenvalue weighted by atomic mass is 16.8. The molecule has 2 aromatic heterocycles. The van der Waals surface area contributed by atoms with Crippen LogP contribution in [-0.2, 0) is 14.2 Å². The van der Waals surface area contributed by atoms with Crippen LogP contribution in [0.2, 0.25) is 0 Å². The van der Waals surface area contributed by atoms with Crippen LogP contribution in [0, 0.1) is 0 Å². The molecule has 2 aromatic rings. The minimum Gasteiger partial charge on any atom is -0.394 e. The predicted molar refractivity (Wildman–Crippen MR) is 101 cm³/mol. The Hall–Kier alpha value is -2.01. The first kappa shape index (κ1) is 18.0. The van der Waals surface area contributed by atoms with Crippen LogP contribution >= 0.6 is 0 Å². The molecule has 0 unspecified atom stereocenters. The number of nitrogens with zero attached hydrogens (tertiary/aromatic N) is 5. The number of imidazole rings is 1. The van der Waals surface area contributed by atoms with E-state index in [1.165, 1.54) is 12.7 Å². The second kappa shape index (κ2) is 6.51. The number of rotatable bonds is 3. The summed E-state index contributed by atoms with van der Waals surface area (Å²) in [6.45, 7) is 5.40. The van der Waals surface area contributed by atoms with E-state index in [1.54, 1.807) is 0 Å². The molecular formula is C18H26N6O4. The van der Waals surface area contributed by atoms with Gasteiger partial charge in [-0.15, -0.1) is 0 Å². The SMILES string of the molecule is CC1(C)O[C@@H]2[C@H](O1)[C@@H](CO)O[C@H]2n1c(N2CCCCC2)nc2c(N)ncnc21. The Labute approximate surface area is 162 Å². The number of ether oxygens (including phenoxy) is 3. The molecule has 0 spiro atoms. The van der Waals surface area contributed by atoms with E-state index < -0.39 is 18.1 Å². The smallest absolute Gasteiger partial charge is 0.210 e. The fraction of sp³-hybridized carbons (Fsp3) is 0.722. The van der Waals surface area contributed by atoms with E-state index in [1.807, 2.05) is 18.4 Å². The van der Waals surface area contributed by atoms with Gasteiger partial charge in [0.15, 0.2) is 29.0 Å². The molecule has 0 saturated carbocycles. The predicted octanol–water partition coefficient (Wildman–Crippen LogP) is 0.809.